The molecule has 7 heteroatoms. The Morgan fingerprint density at radius 1 is 1.29 bits per heavy atom. The minimum absolute atomic E-state index is 0.0260. The molecule has 2 amide bonds. The summed E-state index contributed by atoms with van der Waals surface area (Å²) >= 11 is 0. The first kappa shape index (κ1) is 17.8. The van der Waals surface area contributed by atoms with Crippen LogP contribution >= 0.6 is 0 Å². The van der Waals surface area contributed by atoms with Crippen molar-refractivity contribution in [2.45, 2.75) is 20.3 Å². The molecule has 1 aliphatic heterocycles. The van der Waals surface area contributed by atoms with Crippen molar-refractivity contribution in [2.75, 3.05) is 38.2 Å². The van der Waals surface area contributed by atoms with Crippen molar-refractivity contribution in [3.63, 3.8) is 0 Å². The second-order valence-electron chi connectivity index (χ2n) is 5.60. The van der Waals surface area contributed by atoms with Gasteiger partial charge in [-0.3, -0.25) is 9.59 Å². The normalized spacial score (nSPS) is 14.0. The fourth-order valence-electron chi connectivity index (χ4n) is 2.57. The number of nitriles is 1. The molecule has 0 aliphatic carbocycles. The Bertz CT molecular complexity index is 637. The van der Waals surface area contributed by atoms with Gasteiger partial charge >= 0.3 is 0 Å². The van der Waals surface area contributed by atoms with Crippen LogP contribution in [0.3, 0.4) is 0 Å². The fraction of sp³-hybridized carbons (Fsp3) is 0.471. The minimum Gasteiger partial charge on any atom is -0.483 e. The maximum Gasteiger partial charge on any atom is 0.260 e. The van der Waals surface area contributed by atoms with Crippen LogP contribution < -0.4 is 10.1 Å². The van der Waals surface area contributed by atoms with Gasteiger partial charge in [0.2, 0.25) is 5.91 Å². The van der Waals surface area contributed by atoms with E-state index in [1.807, 2.05) is 13.8 Å². The van der Waals surface area contributed by atoms with E-state index in [2.05, 4.69) is 5.32 Å². The van der Waals surface area contributed by atoms with E-state index in [0.29, 0.717) is 37.7 Å². The highest BCUT2D eigenvalue weighted by molar-refractivity contribution is 5.92. The van der Waals surface area contributed by atoms with Gasteiger partial charge in [0.25, 0.3) is 5.91 Å². The molecule has 0 unspecified atom stereocenters. The fourth-order valence-corrected chi connectivity index (χ4v) is 2.57. The molecular weight excluding hydrogens is 310 g/mol. The number of nitrogens with one attached hydrogen (secondary N) is 1. The van der Waals surface area contributed by atoms with Crippen LogP contribution in [0.4, 0.5) is 5.69 Å². The number of anilines is 1. The van der Waals surface area contributed by atoms with E-state index >= 15 is 0 Å². The van der Waals surface area contributed by atoms with E-state index in [9.17, 15) is 9.59 Å². The number of hydrogen-bond acceptors (Lipinski definition) is 5. The lowest BCUT2D eigenvalue weighted by Gasteiger charge is -2.27. The number of carbonyl (C=O) groups is 2. The Morgan fingerprint density at radius 3 is 2.50 bits per heavy atom. The van der Waals surface area contributed by atoms with Gasteiger partial charge in [0.15, 0.2) is 6.61 Å². The Balaban J connectivity index is 1.99. The molecule has 0 atom stereocenters. The van der Waals surface area contributed by atoms with Crippen LogP contribution in [0.5, 0.6) is 5.75 Å². The smallest absolute Gasteiger partial charge is 0.260 e. The standard InChI is InChI=1S/C17H21N3O4/c1-12-9-14(19-15(21)3-4-18)10-13(2)17(12)24-11-16(22)20-5-7-23-8-6-20/h9-10H,3,5-8,11H2,1-2H3,(H,19,21). The maximum atomic E-state index is 12.1. The van der Waals surface area contributed by atoms with E-state index in [1.54, 1.807) is 23.1 Å². The largest absolute Gasteiger partial charge is 0.483 e. The molecule has 1 aromatic carbocycles. The van der Waals surface area contributed by atoms with E-state index in [0.717, 1.165) is 11.1 Å². The van der Waals surface area contributed by atoms with Gasteiger partial charge in [0, 0.05) is 18.8 Å². The number of carbonyl (C=O) groups excluding carboxylic acids is 2. The van der Waals surface area contributed by atoms with Crippen LogP contribution in [-0.4, -0.2) is 49.6 Å². The third-order valence-corrected chi connectivity index (χ3v) is 3.69. The van der Waals surface area contributed by atoms with Crippen LogP contribution in [0.25, 0.3) is 0 Å². The van der Waals surface area contributed by atoms with Gasteiger partial charge in [-0.05, 0) is 37.1 Å². The molecule has 1 aromatic rings. The zero-order valence-corrected chi connectivity index (χ0v) is 13.9. The minimum atomic E-state index is -0.354. The molecule has 0 bridgehead atoms. The number of hydrogen-bond donors (Lipinski definition) is 1. The zero-order valence-electron chi connectivity index (χ0n) is 13.9. The summed E-state index contributed by atoms with van der Waals surface area (Å²) in [6.07, 6.45) is -0.190. The molecule has 1 heterocycles. The van der Waals surface area contributed by atoms with E-state index in [1.165, 1.54) is 0 Å². The molecular formula is C17H21N3O4. The summed E-state index contributed by atoms with van der Waals surface area (Å²) in [5, 5.41) is 11.2. The average molecular weight is 331 g/mol. The SMILES string of the molecule is Cc1cc(NC(=O)CC#N)cc(C)c1OCC(=O)N1CCOCC1. The molecule has 0 radical (unpaired) electrons. The van der Waals surface area contributed by atoms with Crippen LogP contribution in [0.15, 0.2) is 12.1 Å². The van der Waals surface area contributed by atoms with Gasteiger partial charge in [-0.15, -0.1) is 0 Å². The van der Waals surface area contributed by atoms with Crippen molar-refractivity contribution in [1.29, 1.82) is 5.26 Å². The van der Waals surface area contributed by atoms with Crippen LogP contribution in [0.1, 0.15) is 17.5 Å². The Hall–Kier alpha value is -2.59. The summed E-state index contributed by atoms with van der Waals surface area (Å²) in [5.74, 6) is 0.214. The number of amides is 2. The van der Waals surface area contributed by atoms with Gasteiger partial charge < -0.3 is 19.7 Å². The Labute approximate surface area is 141 Å². The quantitative estimate of drug-likeness (QED) is 0.880. The molecule has 0 aromatic heterocycles. The second kappa shape index (κ2) is 8.31. The monoisotopic (exact) mass is 331 g/mol. The summed E-state index contributed by atoms with van der Waals surface area (Å²) in [5.41, 5.74) is 2.24. The van der Waals surface area contributed by atoms with E-state index < -0.39 is 0 Å². The summed E-state index contributed by atoms with van der Waals surface area (Å²) < 4.78 is 10.9. The third-order valence-electron chi connectivity index (χ3n) is 3.69. The highest BCUT2D eigenvalue weighted by atomic mass is 16.5. The number of nitrogens with zero attached hydrogens (tertiary/aromatic N) is 2. The van der Waals surface area contributed by atoms with Crippen molar-refractivity contribution in [2.24, 2.45) is 0 Å². The van der Waals surface area contributed by atoms with Crippen molar-refractivity contribution in [3.05, 3.63) is 23.3 Å². The third kappa shape index (κ3) is 4.70. The first-order valence-electron chi connectivity index (χ1n) is 7.77. The average Bonchev–Trinajstić information content (AvgIpc) is 2.54. The summed E-state index contributed by atoms with van der Waals surface area (Å²) in [6, 6.07) is 5.33. The maximum absolute atomic E-state index is 12.1. The lowest BCUT2D eigenvalue weighted by atomic mass is 10.1. The van der Waals surface area contributed by atoms with Gasteiger partial charge in [-0.1, -0.05) is 0 Å². The lowest BCUT2D eigenvalue weighted by Crippen LogP contribution is -2.43. The first-order chi connectivity index (χ1) is 11.5. The van der Waals surface area contributed by atoms with Crippen molar-refractivity contribution in [1.82, 2.24) is 4.90 Å². The molecule has 24 heavy (non-hydrogen) atoms. The lowest BCUT2D eigenvalue weighted by molar-refractivity contribution is -0.137. The molecule has 1 N–H and O–H groups in total. The first-order valence-corrected chi connectivity index (χ1v) is 7.77. The summed E-state index contributed by atoms with van der Waals surface area (Å²) in [6.45, 7) is 5.96. The van der Waals surface area contributed by atoms with Gasteiger partial charge in [0.05, 0.1) is 19.3 Å². The predicted molar refractivity (Wildman–Crippen MR) is 87.7 cm³/mol. The number of rotatable bonds is 5. The van der Waals surface area contributed by atoms with Crippen molar-refractivity contribution >= 4 is 17.5 Å². The van der Waals surface area contributed by atoms with Gasteiger partial charge in [0.1, 0.15) is 12.2 Å². The number of benzene rings is 1. The molecule has 1 aliphatic rings. The topological polar surface area (TPSA) is 91.7 Å². The van der Waals surface area contributed by atoms with Crippen LogP contribution in [-0.2, 0) is 14.3 Å². The molecule has 7 nitrogen and oxygen atoms in total. The van der Waals surface area contributed by atoms with E-state index in [-0.39, 0.29) is 24.8 Å². The van der Waals surface area contributed by atoms with Crippen LogP contribution in [0.2, 0.25) is 0 Å². The molecule has 1 saturated heterocycles. The Kier molecular flexibility index (Phi) is 6.15. The highest BCUT2D eigenvalue weighted by Crippen LogP contribution is 2.27. The van der Waals surface area contributed by atoms with Crippen molar-refractivity contribution in [3.8, 4) is 11.8 Å². The predicted octanol–water partition coefficient (Wildman–Crippen LogP) is 1.39. The second-order valence-corrected chi connectivity index (χ2v) is 5.60. The Morgan fingerprint density at radius 2 is 1.92 bits per heavy atom. The molecule has 2 rings (SSSR count). The van der Waals surface area contributed by atoms with Crippen LogP contribution in [0, 0.1) is 25.2 Å². The molecule has 0 saturated carbocycles. The summed E-state index contributed by atoms with van der Waals surface area (Å²) in [7, 11) is 0. The number of ether oxygens (including phenoxy) is 2. The number of morpholine rings is 1. The molecule has 128 valence electrons. The highest BCUT2D eigenvalue weighted by Gasteiger charge is 2.18. The summed E-state index contributed by atoms with van der Waals surface area (Å²) in [4.78, 5) is 25.3. The van der Waals surface area contributed by atoms with Gasteiger partial charge in [-0.25, -0.2) is 0 Å². The molecule has 1 fully saturated rings. The number of aryl methyl sites for hydroxylation is 2. The van der Waals surface area contributed by atoms with Gasteiger partial charge in [-0.2, -0.15) is 5.26 Å². The van der Waals surface area contributed by atoms with Crippen molar-refractivity contribution < 1.29 is 19.1 Å². The zero-order chi connectivity index (χ0) is 17.5. The molecule has 0 spiro atoms. The van der Waals surface area contributed by atoms with E-state index in [4.69, 9.17) is 14.7 Å².